The number of hydrogen-bond donors (Lipinski definition) is 2. The molecule has 0 radical (unpaired) electrons. The molecule has 3 N–H and O–H groups in total. The number of rotatable bonds is 6. The summed E-state index contributed by atoms with van der Waals surface area (Å²) >= 11 is 4.90. The lowest BCUT2D eigenvalue weighted by molar-refractivity contribution is 0.529. The van der Waals surface area contributed by atoms with Crippen molar-refractivity contribution in [2.24, 2.45) is 11.7 Å². The predicted octanol–water partition coefficient (Wildman–Crippen LogP) is 2.10. The molecule has 0 bridgehead atoms. The number of benzene rings is 1. The molecule has 2 rings (SSSR count). The molecular weight excluding hydrogens is 292 g/mol. The topological polar surface area (TPSA) is 72.2 Å². The fourth-order valence-electron chi connectivity index (χ4n) is 2.27. The highest BCUT2D eigenvalue weighted by Crippen LogP contribution is 2.33. The summed E-state index contributed by atoms with van der Waals surface area (Å²) in [5, 5.41) is 0. The molecule has 0 heterocycles. The third kappa shape index (κ3) is 3.77. The van der Waals surface area contributed by atoms with Gasteiger partial charge in [-0.25, -0.2) is 13.1 Å². The Morgan fingerprint density at radius 2 is 2.15 bits per heavy atom. The molecule has 0 spiro atoms. The van der Waals surface area contributed by atoms with Gasteiger partial charge in [0.25, 0.3) is 0 Å². The molecule has 0 amide bonds. The van der Waals surface area contributed by atoms with Crippen molar-refractivity contribution in [3.8, 4) is 0 Å². The SMILES string of the molecule is Cc1ccc(C(N)=S)cc1S(=O)(=O)NC(C)CC1CC1. The first-order chi connectivity index (χ1) is 9.29. The molecule has 0 aromatic heterocycles. The van der Waals surface area contributed by atoms with Crippen LogP contribution in [0.1, 0.15) is 37.3 Å². The van der Waals surface area contributed by atoms with E-state index in [0.717, 1.165) is 6.42 Å². The molecule has 0 aliphatic heterocycles. The van der Waals surface area contributed by atoms with Gasteiger partial charge in [-0.05, 0) is 37.8 Å². The number of aryl methyl sites for hydroxylation is 1. The summed E-state index contributed by atoms with van der Waals surface area (Å²) in [5.74, 6) is 0.678. The largest absolute Gasteiger partial charge is 0.389 e. The summed E-state index contributed by atoms with van der Waals surface area (Å²) in [7, 11) is -3.53. The van der Waals surface area contributed by atoms with Gasteiger partial charge in [-0.3, -0.25) is 0 Å². The second kappa shape index (κ2) is 5.79. The maximum atomic E-state index is 12.4. The lowest BCUT2D eigenvalue weighted by Crippen LogP contribution is -2.33. The summed E-state index contributed by atoms with van der Waals surface area (Å²) < 4.78 is 27.6. The maximum absolute atomic E-state index is 12.4. The average Bonchev–Trinajstić information content (AvgIpc) is 3.11. The van der Waals surface area contributed by atoms with Crippen LogP contribution in [-0.2, 0) is 10.0 Å². The Labute approximate surface area is 125 Å². The van der Waals surface area contributed by atoms with Crippen LogP contribution in [0, 0.1) is 12.8 Å². The quantitative estimate of drug-likeness (QED) is 0.789. The van der Waals surface area contributed by atoms with Crippen molar-refractivity contribution in [1.29, 1.82) is 0 Å². The van der Waals surface area contributed by atoms with Gasteiger partial charge in [0.05, 0.1) is 4.90 Å². The number of hydrogen-bond acceptors (Lipinski definition) is 3. The fraction of sp³-hybridized carbons (Fsp3) is 0.500. The van der Waals surface area contributed by atoms with Crippen LogP contribution in [0.4, 0.5) is 0 Å². The van der Waals surface area contributed by atoms with E-state index in [1.807, 2.05) is 6.92 Å². The Morgan fingerprint density at radius 3 is 2.70 bits per heavy atom. The van der Waals surface area contributed by atoms with E-state index in [1.165, 1.54) is 12.8 Å². The summed E-state index contributed by atoms with van der Waals surface area (Å²) in [6.07, 6.45) is 3.32. The van der Waals surface area contributed by atoms with Crippen molar-refractivity contribution in [3.63, 3.8) is 0 Å². The standard InChI is InChI=1S/C14H20N2O2S2/c1-9-3-6-12(14(15)19)8-13(9)20(17,18)16-10(2)7-11-4-5-11/h3,6,8,10-11,16H,4-5,7H2,1-2H3,(H2,15,19). The minimum atomic E-state index is -3.53. The minimum absolute atomic E-state index is 0.0552. The molecule has 1 aliphatic rings. The summed E-state index contributed by atoms with van der Waals surface area (Å²) in [5.41, 5.74) is 6.83. The highest BCUT2D eigenvalue weighted by atomic mass is 32.2. The van der Waals surface area contributed by atoms with E-state index in [2.05, 4.69) is 4.72 Å². The molecular formula is C14H20N2O2S2. The van der Waals surface area contributed by atoms with Crippen LogP contribution >= 0.6 is 12.2 Å². The first-order valence-electron chi connectivity index (χ1n) is 6.72. The van der Waals surface area contributed by atoms with Crippen molar-refractivity contribution < 1.29 is 8.42 Å². The zero-order chi connectivity index (χ0) is 14.9. The van der Waals surface area contributed by atoms with Gasteiger partial charge in [-0.1, -0.05) is 37.2 Å². The molecule has 1 fully saturated rings. The molecule has 1 aromatic rings. The van der Waals surface area contributed by atoms with E-state index in [1.54, 1.807) is 25.1 Å². The van der Waals surface area contributed by atoms with Gasteiger partial charge >= 0.3 is 0 Å². The van der Waals surface area contributed by atoms with Gasteiger partial charge in [-0.15, -0.1) is 0 Å². The van der Waals surface area contributed by atoms with Crippen LogP contribution in [-0.4, -0.2) is 19.4 Å². The van der Waals surface area contributed by atoms with E-state index in [9.17, 15) is 8.42 Å². The van der Waals surface area contributed by atoms with E-state index in [0.29, 0.717) is 17.0 Å². The Morgan fingerprint density at radius 1 is 1.50 bits per heavy atom. The predicted molar refractivity (Wildman–Crippen MR) is 84.2 cm³/mol. The lowest BCUT2D eigenvalue weighted by atomic mass is 10.1. The van der Waals surface area contributed by atoms with Crippen LogP contribution in [0.25, 0.3) is 0 Å². The van der Waals surface area contributed by atoms with E-state index < -0.39 is 10.0 Å². The number of nitrogens with two attached hydrogens (primary N) is 1. The summed E-state index contributed by atoms with van der Waals surface area (Å²) in [4.78, 5) is 0.456. The molecule has 1 aliphatic carbocycles. The fourth-order valence-corrected chi connectivity index (χ4v) is 3.93. The van der Waals surface area contributed by atoms with Gasteiger partial charge in [0.2, 0.25) is 10.0 Å². The van der Waals surface area contributed by atoms with Gasteiger partial charge in [-0.2, -0.15) is 0 Å². The first-order valence-corrected chi connectivity index (χ1v) is 8.61. The zero-order valence-electron chi connectivity index (χ0n) is 11.7. The van der Waals surface area contributed by atoms with Crippen molar-refractivity contribution in [3.05, 3.63) is 29.3 Å². The van der Waals surface area contributed by atoms with Crippen molar-refractivity contribution in [1.82, 2.24) is 4.72 Å². The molecule has 6 heteroatoms. The third-order valence-electron chi connectivity index (χ3n) is 3.50. The minimum Gasteiger partial charge on any atom is -0.389 e. The first kappa shape index (κ1) is 15.4. The molecule has 1 unspecified atom stereocenters. The van der Waals surface area contributed by atoms with Crippen LogP contribution < -0.4 is 10.5 Å². The van der Waals surface area contributed by atoms with Gasteiger partial charge in [0.1, 0.15) is 4.99 Å². The Bertz CT molecular complexity index is 622. The molecule has 4 nitrogen and oxygen atoms in total. The van der Waals surface area contributed by atoms with E-state index >= 15 is 0 Å². The summed E-state index contributed by atoms with van der Waals surface area (Å²) in [6.45, 7) is 3.67. The molecule has 1 saturated carbocycles. The smallest absolute Gasteiger partial charge is 0.241 e. The van der Waals surface area contributed by atoms with Crippen LogP contribution in [0.5, 0.6) is 0 Å². The highest BCUT2D eigenvalue weighted by Gasteiger charge is 2.27. The number of nitrogens with one attached hydrogen (secondary N) is 1. The zero-order valence-corrected chi connectivity index (χ0v) is 13.4. The third-order valence-corrected chi connectivity index (χ3v) is 5.47. The van der Waals surface area contributed by atoms with Crippen molar-refractivity contribution in [2.75, 3.05) is 0 Å². The molecule has 1 aromatic carbocycles. The van der Waals surface area contributed by atoms with Gasteiger partial charge in [0, 0.05) is 11.6 Å². The normalized spacial score (nSPS) is 16.9. The summed E-state index contributed by atoms with van der Waals surface area (Å²) in [6, 6.07) is 4.96. The molecule has 110 valence electrons. The second-order valence-electron chi connectivity index (χ2n) is 5.55. The Kier molecular flexibility index (Phi) is 4.46. The van der Waals surface area contributed by atoms with Crippen LogP contribution in [0.3, 0.4) is 0 Å². The second-order valence-corrected chi connectivity index (χ2v) is 7.67. The molecule has 0 saturated heterocycles. The number of thiocarbonyl (C=S) groups is 1. The van der Waals surface area contributed by atoms with Crippen molar-refractivity contribution in [2.45, 2.75) is 44.0 Å². The number of sulfonamides is 1. The lowest BCUT2D eigenvalue weighted by Gasteiger charge is -2.15. The van der Waals surface area contributed by atoms with Crippen molar-refractivity contribution >= 4 is 27.2 Å². The highest BCUT2D eigenvalue weighted by molar-refractivity contribution is 7.89. The molecule has 20 heavy (non-hydrogen) atoms. The van der Waals surface area contributed by atoms with E-state index in [-0.39, 0.29) is 15.9 Å². The monoisotopic (exact) mass is 312 g/mol. The van der Waals surface area contributed by atoms with E-state index in [4.69, 9.17) is 18.0 Å². The van der Waals surface area contributed by atoms with Crippen LogP contribution in [0.15, 0.2) is 23.1 Å². The average molecular weight is 312 g/mol. The maximum Gasteiger partial charge on any atom is 0.241 e. The van der Waals surface area contributed by atoms with Crippen LogP contribution in [0.2, 0.25) is 0 Å². The Balaban J connectivity index is 2.23. The molecule has 1 atom stereocenters. The van der Waals surface area contributed by atoms with Gasteiger partial charge < -0.3 is 5.73 Å². The van der Waals surface area contributed by atoms with Gasteiger partial charge in [0.15, 0.2) is 0 Å². The Hall–Kier alpha value is -0.980.